The molecule has 0 atom stereocenters. The molecule has 124 valence electrons. The third-order valence-corrected chi connectivity index (χ3v) is 4.03. The van der Waals surface area contributed by atoms with Crippen LogP contribution < -0.4 is 14.8 Å². The van der Waals surface area contributed by atoms with E-state index in [2.05, 4.69) is 10.3 Å². The Hall–Kier alpha value is -2.95. The third-order valence-electron chi connectivity index (χ3n) is 4.03. The topological polar surface area (TPSA) is 63.3 Å². The van der Waals surface area contributed by atoms with Crippen molar-refractivity contribution < 1.29 is 14.3 Å². The van der Waals surface area contributed by atoms with Crippen LogP contribution in [-0.4, -0.2) is 25.1 Å². The van der Waals surface area contributed by atoms with Crippen LogP contribution >= 0.6 is 0 Å². The highest BCUT2D eigenvalue weighted by Gasteiger charge is 2.13. The standard InChI is InChI=1S/C19H20N2O3/c1-12-15(14-6-4-5-7-16(14)20-12)11-19(22)21-13-8-9-17(23-2)18(10-13)24-3/h4-10,20H,11H2,1-3H3,(H,21,22). The lowest BCUT2D eigenvalue weighted by Crippen LogP contribution is -2.14. The summed E-state index contributed by atoms with van der Waals surface area (Å²) in [5.74, 6) is 1.14. The van der Waals surface area contributed by atoms with Crippen molar-refractivity contribution in [2.24, 2.45) is 0 Å². The summed E-state index contributed by atoms with van der Waals surface area (Å²) in [7, 11) is 3.15. The molecule has 24 heavy (non-hydrogen) atoms. The zero-order valence-electron chi connectivity index (χ0n) is 14.0. The van der Waals surface area contributed by atoms with E-state index in [0.29, 0.717) is 23.6 Å². The Morgan fingerprint density at radius 1 is 1.08 bits per heavy atom. The van der Waals surface area contributed by atoms with Gasteiger partial charge < -0.3 is 19.8 Å². The molecule has 1 aromatic heterocycles. The first-order valence-electron chi connectivity index (χ1n) is 7.70. The number of amides is 1. The lowest BCUT2D eigenvalue weighted by atomic mass is 10.1. The van der Waals surface area contributed by atoms with E-state index in [9.17, 15) is 4.79 Å². The van der Waals surface area contributed by atoms with Crippen LogP contribution in [-0.2, 0) is 11.2 Å². The lowest BCUT2D eigenvalue weighted by Gasteiger charge is -2.10. The van der Waals surface area contributed by atoms with Crippen molar-refractivity contribution in [3.8, 4) is 11.5 Å². The zero-order chi connectivity index (χ0) is 17.1. The molecule has 1 amide bonds. The van der Waals surface area contributed by atoms with E-state index in [0.717, 1.165) is 22.2 Å². The molecular formula is C19H20N2O3. The molecule has 0 aliphatic heterocycles. The fraction of sp³-hybridized carbons (Fsp3) is 0.211. The summed E-state index contributed by atoms with van der Waals surface area (Å²) in [5.41, 5.74) is 3.75. The number of hydrogen-bond donors (Lipinski definition) is 2. The Bertz CT molecular complexity index is 883. The molecule has 0 radical (unpaired) electrons. The molecule has 0 fully saturated rings. The normalized spacial score (nSPS) is 10.6. The van der Waals surface area contributed by atoms with Crippen molar-refractivity contribution in [2.45, 2.75) is 13.3 Å². The number of methoxy groups -OCH3 is 2. The number of carbonyl (C=O) groups is 1. The summed E-state index contributed by atoms with van der Waals surface area (Å²) in [6.45, 7) is 1.99. The fourth-order valence-electron chi connectivity index (χ4n) is 2.84. The maximum atomic E-state index is 12.4. The summed E-state index contributed by atoms with van der Waals surface area (Å²) in [6.07, 6.45) is 0.310. The number of aryl methyl sites for hydroxylation is 1. The van der Waals surface area contributed by atoms with Gasteiger partial charge in [0, 0.05) is 28.4 Å². The van der Waals surface area contributed by atoms with Crippen LogP contribution in [0.25, 0.3) is 10.9 Å². The number of para-hydroxylation sites is 1. The number of H-pyrrole nitrogens is 1. The van der Waals surface area contributed by atoms with E-state index < -0.39 is 0 Å². The van der Waals surface area contributed by atoms with Gasteiger partial charge in [0.1, 0.15) is 0 Å². The first kappa shape index (κ1) is 15.9. The van der Waals surface area contributed by atoms with E-state index >= 15 is 0 Å². The molecule has 3 rings (SSSR count). The number of anilines is 1. The molecule has 0 aliphatic rings. The second-order valence-corrected chi connectivity index (χ2v) is 5.57. The number of aromatic nitrogens is 1. The lowest BCUT2D eigenvalue weighted by molar-refractivity contribution is -0.115. The van der Waals surface area contributed by atoms with Gasteiger partial charge in [0.15, 0.2) is 11.5 Å². The number of fused-ring (bicyclic) bond motifs is 1. The third kappa shape index (κ3) is 3.06. The Labute approximate surface area is 140 Å². The second-order valence-electron chi connectivity index (χ2n) is 5.57. The molecule has 1 heterocycles. The number of hydrogen-bond acceptors (Lipinski definition) is 3. The van der Waals surface area contributed by atoms with Crippen LogP contribution in [0.4, 0.5) is 5.69 Å². The number of nitrogens with one attached hydrogen (secondary N) is 2. The average Bonchev–Trinajstić information content (AvgIpc) is 2.90. The Kier molecular flexibility index (Phi) is 4.42. The van der Waals surface area contributed by atoms with Gasteiger partial charge in [-0.3, -0.25) is 4.79 Å². The Morgan fingerprint density at radius 3 is 2.58 bits per heavy atom. The summed E-state index contributed by atoms with van der Waals surface area (Å²) in [5, 5.41) is 3.99. The minimum Gasteiger partial charge on any atom is -0.493 e. The molecule has 0 bridgehead atoms. The van der Waals surface area contributed by atoms with Gasteiger partial charge in [-0.25, -0.2) is 0 Å². The van der Waals surface area contributed by atoms with Gasteiger partial charge in [-0.15, -0.1) is 0 Å². The van der Waals surface area contributed by atoms with Crippen LogP contribution in [0.1, 0.15) is 11.3 Å². The van der Waals surface area contributed by atoms with Gasteiger partial charge in [0.25, 0.3) is 0 Å². The average molecular weight is 324 g/mol. The van der Waals surface area contributed by atoms with E-state index in [1.54, 1.807) is 32.4 Å². The second kappa shape index (κ2) is 6.66. The Balaban J connectivity index is 1.79. The quantitative estimate of drug-likeness (QED) is 0.752. The van der Waals surface area contributed by atoms with E-state index in [1.807, 2.05) is 31.2 Å². The number of rotatable bonds is 5. The van der Waals surface area contributed by atoms with Gasteiger partial charge in [-0.2, -0.15) is 0 Å². The monoisotopic (exact) mass is 324 g/mol. The van der Waals surface area contributed by atoms with Crippen LogP contribution in [0.5, 0.6) is 11.5 Å². The molecule has 0 unspecified atom stereocenters. The largest absolute Gasteiger partial charge is 0.493 e. The van der Waals surface area contributed by atoms with E-state index in [-0.39, 0.29) is 5.91 Å². The minimum atomic E-state index is -0.0740. The van der Waals surface area contributed by atoms with Gasteiger partial charge in [-0.05, 0) is 30.7 Å². The first-order valence-corrected chi connectivity index (χ1v) is 7.70. The van der Waals surface area contributed by atoms with E-state index in [1.165, 1.54) is 0 Å². The van der Waals surface area contributed by atoms with Gasteiger partial charge in [0.05, 0.1) is 20.6 Å². The van der Waals surface area contributed by atoms with Gasteiger partial charge >= 0.3 is 0 Å². The highest BCUT2D eigenvalue weighted by molar-refractivity contribution is 5.96. The molecule has 5 heteroatoms. The van der Waals surface area contributed by atoms with Crippen molar-refractivity contribution in [1.82, 2.24) is 4.98 Å². The molecule has 3 aromatic rings. The van der Waals surface area contributed by atoms with Crippen LogP contribution in [0, 0.1) is 6.92 Å². The number of aromatic amines is 1. The van der Waals surface area contributed by atoms with Crippen LogP contribution in [0.3, 0.4) is 0 Å². The molecule has 0 saturated heterocycles. The van der Waals surface area contributed by atoms with Gasteiger partial charge in [0.2, 0.25) is 5.91 Å². The number of benzene rings is 2. The minimum absolute atomic E-state index is 0.0740. The maximum Gasteiger partial charge on any atom is 0.228 e. The highest BCUT2D eigenvalue weighted by atomic mass is 16.5. The van der Waals surface area contributed by atoms with Gasteiger partial charge in [-0.1, -0.05) is 18.2 Å². The highest BCUT2D eigenvalue weighted by Crippen LogP contribution is 2.30. The molecule has 5 nitrogen and oxygen atoms in total. The summed E-state index contributed by atoms with van der Waals surface area (Å²) in [4.78, 5) is 15.7. The summed E-state index contributed by atoms with van der Waals surface area (Å²) in [6, 6.07) is 13.3. The summed E-state index contributed by atoms with van der Waals surface area (Å²) < 4.78 is 10.5. The van der Waals surface area contributed by atoms with Crippen molar-refractivity contribution in [2.75, 3.05) is 19.5 Å². The van der Waals surface area contributed by atoms with Crippen molar-refractivity contribution in [3.05, 3.63) is 53.7 Å². The van der Waals surface area contributed by atoms with Crippen LogP contribution in [0.15, 0.2) is 42.5 Å². The fourth-order valence-corrected chi connectivity index (χ4v) is 2.84. The first-order chi connectivity index (χ1) is 11.6. The van der Waals surface area contributed by atoms with E-state index in [4.69, 9.17) is 9.47 Å². The predicted molar refractivity (Wildman–Crippen MR) is 94.9 cm³/mol. The van der Waals surface area contributed by atoms with Crippen molar-refractivity contribution >= 4 is 22.5 Å². The predicted octanol–water partition coefficient (Wildman–Crippen LogP) is 3.67. The number of carbonyl (C=O) groups excluding carboxylic acids is 1. The molecule has 2 N–H and O–H groups in total. The SMILES string of the molecule is COc1ccc(NC(=O)Cc2c(C)[nH]c3ccccc23)cc1OC. The molecule has 2 aromatic carbocycles. The zero-order valence-corrected chi connectivity index (χ0v) is 14.0. The molecular weight excluding hydrogens is 304 g/mol. The summed E-state index contributed by atoms with van der Waals surface area (Å²) >= 11 is 0. The van der Waals surface area contributed by atoms with Crippen molar-refractivity contribution in [3.63, 3.8) is 0 Å². The molecule has 0 spiro atoms. The maximum absolute atomic E-state index is 12.4. The smallest absolute Gasteiger partial charge is 0.228 e. The molecule has 0 aliphatic carbocycles. The van der Waals surface area contributed by atoms with Crippen molar-refractivity contribution in [1.29, 1.82) is 0 Å². The Morgan fingerprint density at radius 2 is 1.83 bits per heavy atom. The molecule has 0 saturated carbocycles. The van der Waals surface area contributed by atoms with Crippen LogP contribution in [0.2, 0.25) is 0 Å². The number of ether oxygens (including phenoxy) is 2.